The number of carboxylic acid groups (broad SMARTS) is 1. The van der Waals surface area contributed by atoms with Crippen LogP contribution in [-0.4, -0.2) is 37.2 Å². The molecule has 5 aromatic rings. The van der Waals surface area contributed by atoms with Gasteiger partial charge in [-0.2, -0.15) is 0 Å². The lowest BCUT2D eigenvalue weighted by Gasteiger charge is -2.18. The van der Waals surface area contributed by atoms with Gasteiger partial charge in [-0.05, 0) is 54.8 Å². The summed E-state index contributed by atoms with van der Waals surface area (Å²) >= 11 is 0. The van der Waals surface area contributed by atoms with E-state index >= 15 is 0 Å². The van der Waals surface area contributed by atoms with E-state index in [-0.39, 0.29) is 22.7 Å². The number of amides is 2. The Hall–Kier alpha value is -6.04. The van der Waals surface area contributed by atoms with Crippen molar-refractivity contribution in [3.05, 3.63) is 117 Å². The Morgan fingerprint density at radius 1 is 0.978 bits per heavy atom. The number of non-ortho nitro benzene ring substituents is 1. The van der Waals surface area contributed by atoms with E-state index in [4.69, 9.17) is 4.98 Å². The predicted molar refractivity (Wildman–Crippen MR) is 170 cm³/mol. The van der Waals surface area contributed by atoms with Gasteiger partial charge < -0.3 is 21.1 Å². The molecule has 1 atom stereocenters. The highest BCUT2D eigenvalue weighted by molar-refractivity contribution is 6.01. The van der Waals surface area contributed by atoms with Gasteiger partial charge in [-0.3, -0.25) is 28.9 Å². The van der Waals surface area contributed by atoms with Gasteiger partial charge in [0.15, 0.2) is 5.65 Å². The monoisotopic (exact) mass is 606 g/mol. The van der Waals surface area contributed by atoms with Gasteiger partial charge in [0, 0.05) is 42.2 Å². The van der Waals surface area contributed by atoms with Gasteiger partial charge in [0.1, 0.15) is 11.5 Å². The highest BCUT2D eigenvalue weighted by atomic mass is 16.6. The van der Waals surface area contributed by atoms with Crippen molar-refractivity contribution in [3.63, 3.8) is 0 Å². The lowest BCUT2D eigenvalue weighted by molar-refractivity contribution is -0.384. The molecule has 2 amide bonds. The molecule has 228 valence electrons. The molecule has 45 heavy (non-hydrogen) atoms. The van der Waals surface area contributed by atoms with Gasteiger partial charge in [-0.15, -0.1) is 0 Å². The van der Waals surface area contributed by atoms with E-state index in [0.29, 0.717) is 28.4 Å². The molecule has 0 radical (unpaired) electrons. The second-order valence-electron chi connectivity index (χ2n) is 10.6. The van der Waals surface area contributed by atoms with Gasteiger partial charge in [0.05, 0.1) is 22.9 Å². The van der Waals surface area contributed by atoms with E-state index in [1.807, 2.05) is 44.2 Å². The van der Waals surface area contributed by atoms with E-state index in [0.717, 1.165) is 16.8 Å². The third-order valence-electron chi connectivity index (χ3n) is 7.27. The van der Waals surface area contributed by atoms with Crippen LogP contribution in [0.15, 0.2) is 85.1 Å². The smallest absolute Gasteiger partial charge is 0.305 e. The maximum absolute atomic E-state index is 13.8. The number of hydrogen-bond acceptors (Lipinski definition) is 7. The molecule has 0 fully saturated rings. The number of imidazole rings is 1. The number of aryl methyl sites for hydroxylation is 2. The van der Waals surface area contributed by atoms with E-state index in [2.05, 4.69) is 16.0 Å². The maximum atomic E-state index is 13.8. The summed E-state index contributed by atoms with van der Waals surface area (Å²) in [7, 11) is 0. The number of rotatable bonds is 10. The molecule has 1 unspecified atom stereocenters. The molecule has 12 heteroatoms. The highest BCUT2D eigenvalue weighted by Gasteiger charge is 2.25. The molecule has 0 bridgehead atoms. The number of carbonyl (C=O) groups is 3. The van der Waals surface area contributed by atoms with Crippen LogP contribution in [0.4, 0.5) is 22.9 Å². The van der Waals surface area contributed by atoms with Crippen LogP contribution in [0.3, 0.4) is 0 Å². The number of pyridine rings is 1. The Balaban J connectivity index is 1.60. The van der Waals surface area contributed by atoms with Crippen molar-refractivity contribution in [1.29, 1.82) is 0 Å². The van der Waals surface area contributed by atoms with E-state index in [1.54, 1.807) is 34.9 Å². The average molecular weight is 607 g/mol. The van der Waals surface area contributed by atoms with Crippen molar-refractivity contribution >= 4 is 46.3 Å². The number of anilines is 3. The topological polar surface area (TPSA) is 168 Å². The van der Waals surface area contributed by atoms with Gasteiger partial charge >= 0.3 is 5.97 Å². The van der Waals surface area contributed by atoms with Crippen molar-refractivity contribution in [2.24, 2.45) is 0 Å². The summed E-state index contributed by atoms with van der Waals surface area (Å²) in [6.45, 7) is 5.39. The Morgan fingerprint density at radius 2 is 1.67 bits per heavy atom. The number of nitrogens with zero attached hydrogens (tertiary/aromatic N) is 3. The summed E-state index contributed by atoms with van der Waals surface area (Å²) in [4.78, 5) is 52.7. The molecule has 3 aromatic carbocycles. The zero-order chi connectivity index (χ0) is 32.2. The highest BCUT2D eigenvalue weighted by Crippen LogP contribution is 2.35. The minimum Gasteiger partial charge on any atom is -0.481 e. The number of carboxylic acids is 1. The third kappa shape index (κ3) is 6.64. The van der Waals surface area contributed by atoms with Crippen molar-refractivity contribution in [1.82, 2.24) is 14.7 Å². The number of carbonyl (C=O) groups excluding carboxylic acids is 2. The van der Waals surface area contributed by atoms with E-state index < -0.39 is 29.3 Å². The molecule has 0 aliphatic carbocycles. The molecular weight excluding hydrogens is 576 g/mol. The Labute approximate surface area is 257 Å². The summed E-state index contributed by atoms with van der Waals surface area (Å²) in [5, 5.41) is 29.9. The summed E-state index contributed by atoms with van der Waals surface area (Å²) in [5.41, 5.74) is 5.28. The lowest BCUT2D eigenvalue weighted by Crippen LogP contribution is -2.30. The first-order chi connectivity index (χ1) is 21.5. The minimum atomic E-state index is -1.18. The quantitative estimate of drug-likeness (QED) is 0.108. The van der Waals surface area contributed by atoms with Crippen molar-refractivity contribution < 1.29 is 24.4 Å². The number of nitro groups is 1. The van der Waals surface area contributed by atoms with Crippen LogP contribution in [0.5, 0.6) is 0 Å². The molecule has 5 rings (SSSR count). The van der Waals surface area contributed by atoms with Crippen molar-refractivity contribution in [2.45, 2.75) is 33.2 Å². The van der Waals surface area contributed by atoms with Crippen LogP contribution in [0, 0.1) is 24.0 Å². The lowest BCUT2D eigenvalue weighted by atomic mass is 10.0. The summed E-state index contributed by atoms with van der Waals surface area (Å²) in [6, 6.07) is 20.8. The molecule has 0 aliphatic heterocycles. The van der Waals surface area contributed by atoms with Crippen LogP contribution in [0.25, 0.3) is 16.9 Å². The Morgan fingerprint density at radius 3 is 2.31 bits per heavy atom. The summed E-state index contributed by atoms with van der Waals surface area (Å²) in [5.74, 6) is -1.40. The number of para-hydroxylation sites is 1. The van der Waals surface area contributed by atoms with Crippen LogP contribution >= 0.6 is 0 Å². The number of aliphatic carboxylic acids is 1. The number of nitro benzene ring substituents is 1. The Kier molecular flexibility index (Phi) is 8.57. The van der Waals surface area contributed by atoms with Crippen molar-refractivity contribution in [3.8, 4) is 11.3 Å². The molecule has 0 saturated carbocycles. The van der Waals surface area contributed by atoms with Gasteiger partial charge in [0.25, 0.3) is 11.6 Å². The summed E-state index contributed by atoms with van der Waals surface area (Å²) in [6.07, 6.45) is 1.27. The van der Waals surface area contributed by atoms with Gasteiger partial charge in [-0.25, -0.2) is 4.98 Å². The van der Waals surface area contributed by atoms with E-state index in [9.17, 15) is 29.6 Å². The van der Waals surface area contributed by atoms with Crippen LogP contribution in [0.1, 0.15) is 46.4 Å². The fourth-order valence-electron chi connectivity index (χ4n) is 5.13. The normalized spacial score (nSPS) is 11.5. The standard InChI is InChI=1S/C33H30N6O6/c1-19-7-4-8-20(2)29(19)36-32-30(22-12-14-24(15-13-22)34-21(3)40)37-31-26(11-6-16-38(31)32)33(43)35-27(18-28(41)42)23-9-5-10-25(17-23)39(44)45/h4-17,27,36H,18H2,1-3H3,(H,34,40)(H,35,43)(H,41,42). The SMILES string of the molecule is CC(=O)Nc1ccc(-c2nc3c(C(=O)NC(CC(=O)O)c4cccc([N+](=O)[O-])c4)cccn3c2Nc2c(C)cccc2C)cc1. The van der Waals surface area contributed by atoms with Crippen LogP contribution < -0.4 is 16.0 Å². The van der Waals surface area contributed by atoms with Gasteiger partial charge in [0.2, 0.25) is 5.91 Å². The number of fused-ring (bicyclic) bond motifs is 1. The fraction of sp³-hybridized carbons (Fsp3) is 0.152. The molecule has 0 saturated heterocycles. The first-order valence-electron chi connectivity index (χ1n) is 14.0. The predicted octanol–water partition coefficient (Wildman–Crippen LogP) is 6.17. The minimum absolute atomic E-state index is 0.170. The molecule has 4 N–H and O–H groups in total. The molecule has 0 aliphatic rings. The first kappa shape index (κ1) is 30.4. The average Bonchev–Trinajstić information content (AvgIpc) is 3.37. The first-order valence-corrected chi connectivity index (χ1v) is 14.0. The second-order valence-corrected chi connectivity index (χ2v) is 10.6. The van der Waals surface area contributed by atoms with E-state index in [1.165, 1.54) is 31.2 Å². The zero-order valence-electron chi connectivity index (χ0n) is 24.7. The Bertz CT molecular complexity index is 1930. The number of aromatic nitrogens is 2. The van der Waals surface area contributed by atoms with Crippen molar-refractivity contribution in [2.75, 3.05) is 10.6 Å². The molecule has 2 heterocycles. The summed E-state index contributed by atoms with van der Waals surface area (Å²) < 4.78 is 1.75. The molecule has 0 spiro atoms. The fourth-order valence-corrected chi connectivity index (χ4v) is 5.13. The number of benzene rings is 3. The van der Waals surface area contributed by atoms with Crippen LogP contribution in [-0.2, 0) is 9.59 Å². The number of hydrogen-bond donors (Lipinski definition) is 4. The van der Waals surface area contributed by atoms with Crippen LogP contribution in [0.2, 0.25) is 0 Å². The maximum Gasteiger partial charge on any atom is 0.305 e. The second kappa shape index (κ2) is 12.7. The number of nitrogens with one attached hydrogen (secondary N) is 3. The largest absolute Gasteiger partial charge is 0.481 e. The zero-order valence-corrected chi connectivity index (χ0v) is 24.7. The third-order valence-corrected chi connectivity index (χ3v) is 7.27. The molecule has 2 aromatic heterocycles. The van der Waals surface area contributed by atoms with Gasteiger partial charge in [-0.1, -0.05) is 42.5 Å². The molecule has 12 nitrogen and oxygen atoms in total. The molecular formula is C33H30N6O6.